The van der Waals surface area contributed by atoms with Gasteiger partial charge in [0.15, 0.2) is 11.9 Å². The third kappa shape index (κ3) is 4.89. The van der Waals surface area contributed by atoms with Crippen LogP contribution in [0.15, 0.2) is 30.3 Å². The Hall–Kier alpha value is -2.21. The number of carbonyl (C=O) groups excluding carboxylic acids is 3. The summed E-state index contributed by atoms with van der Waals surface area (Å²) in [7, 11) is 0. The van der Waals surface area contributed by atoms with Crippen molar-refractivity contribution in [3.8, 4) is 0 Å². The quantitative estimate of drug-likeness (QED) is 0.758. The molecule has 0 radical (unpaired) electrons. The molecule has 1 saturated heterocycles. The molecule has 1 aromatic carbocycles. The zero-order chi connectivity index (χ0) is 18.6. The highest BCUT2D eigenvalue weighted by Gasteiger charge is 2.48. The Morgan fingerprint density at radius 3 is 2.04 bits per heavy atom. The predicted molar refractivity (Wildman–Crippen MR) is 89.8 cm³/mol. The van der Waals surface area contributed by atoms with Gasteiger partial charge >= 0.3 is 11.9 Å². The fourth-order valence-corrected chi connectivity index (χ4v) is 3.25. The molecule has 0 N–H and O–H groups in total. The second-order valence-electron chi connectivity index (χ2n) is 6.40. The van der Waals surface area contributed by atoms with Crippen LogP contribution in [0.5, 0.6) is 0 Å². The van der Waals surface area contributed by atoms with Crippen molar-refractivity contribution in [2.24, 2.45) is 5.92 Å². The zero-order valence-corrected chi connectivity index (χ0v) is 14.9. The second-order valence-corrected chi connectivity index (χ2v) is 6.40. The number of hydrogen-bond donors (Lipinski definition) is 0. The zero-order valence-electron chi connectivity index (χ0n) is 14.9. The third-order valence-corrected chi connectivity index (χ3v) is 4.29. The van der Waals surface area contributed by atoms with Crippen molar-refractivity contribution in [2.75, 3.05) is 0 Å². The minimum absolute atomic E-state index is 0.149. The molecular weight excluding hydrogens is 324 g/mol. The first-order chi connectivity index (χ1) is 11.8. The van der Waals surface area contributed by atoms with Crippen molar-refractivity contribution >= 4 is 17.7 Å². The Kier molecular flexibility index (Phi) is 6.31. The summed E-state index contributed by atoms with van der Waals surface area (Å²) in [6.45, 7) is 5.79. The third-order valence-electron chi connectivity index (χ3n) is 4.29. The summed E-state index contributed by atoms with van der Waals surface area (Å²) in [6, 6.07) is 9.55. The minimum Gasteiger partial charge on any atom is -0.458 e. The number of rotatable bonds is 5. The van der Waals surface area contributed by atoms with E-state index in [1.165, 1.54) is 20.8 Å². The Morgan fingerprint density at radius 2 is 1.52 bits per heavy atom. The lowest BCUT2D eigenvalue weighted by atomic mass is 9.84. The molecule has 0 amide bonds. The van der Waals surface area contributed by atoms with Crippen molar-refractivity contribution < 1.29 is 28.6 Å². The van der Waals surface area contributed by atoms with Gasteiger partial charge in [-0.05, 0) is 12.5 Å². The van der Waals surface area contributed by atoms with Gasteiger partial charge in [0.2, 0.25) is 0 Å². The van der Waals surface area contributed by atoms with Crippen molar-refractivity contribution in [1.82, 2.24) is 0 Å². The number of Topliss-reactive ketones (excluding diaryl/α,β-unsaturated/α-hetero) is 1. The monoisotopic (exact) mass is 348 g/mol. The van der Waals surface area contributed by atoms with E-state index in [-0.39, 0.29) is 5.78 Å². The average molecular weight is 348 g/mol. The Labute approximate surface area is 147 Å². The van der Waals surface area contributed by atoms with E-state index in [0.717, 1.165) is 5.56 Å². The van der Waals surface area contributed by atoms with Crippen LogP contribution in [0.2, 0.25) is 0 Å². The van der Waals surface area contributed by atoms with Gasteiger partial charge in [-0.3, -0.25) is 14.4 Å². The van der Waals surface area contributed by atoms with E-state index >= 15 is 0 Å². The van der Waals surface area contributed by atoms with Crippen LogP contribution in [0.3, 0.4) is 0 Å². The molecule has 0 aromatic heterocycles. The van der Waals surface area contributed by atoms with Gasteiger partial charge in [-0.15, -0.1) is 0 Å². The van der Waals surface area contributed by atoms with Crippen molar-refractivity contribution in [3.05, 3.63) is 35.9 Å². The topological polar surface area (TPSA) is 78.9 Å². The fraction of sp³-hybridized carbons (Fsp3) is 0.526. The van der Waals surface area contributed by atoms with E-state index in [4.69, 9.17) is 14.2 Å². The number of benzene rings is 1. The summed E-state index contributed by atoms with van der Waals surface area (Å²) >= 11 is 0. The Morgan fingerprint density at radius 1 is 0.960 bits per heavy atom. The molecule has 0 saturated carbocycles. The van der Waals surface area contributed by atoms with Gasteiger partial charge < -0.3 is 14.2 Å². The lowest BCUT2D eigenvalue weighted by molar-refractivity contribution is -0.221. The van der Waals surface area contributed by atoms with E-state index in [0.29, 0.717) is 6.42 Å². The predicted octanol–water partition coefficient (Wildman–Crippen LogP) is 2.08. The van der Waals surface area contributed by atoms with E-state index < -0.39 is 42.3 Å². The van der Waals surface area contributed by atoms with Gasteiger partial charge in [0, 0.05) is 26.2 Å². The molecule has 1 aliphatic rings. The van der Waals surface area contributed by atoms with Crippen LogP contribution in [0.1, 0.15) is 33.3 Å². The normalized spacial score (nSPS) is 28.9. The molecule has 6 heteroatoms. The van der Waals surface area contributed by atoms with E-state index in [1.807, 2.05) is 30.3 Å². The number of carbonyl (C=O) groups is 3. The molecule has 0 spiro atoms. The van der Waals surface area contributed by atoms with Crippen LogP contribution in [0, 0.1) is 5.92 Å². The minimum atomic E-state index is -0.771. The van der Waals surface area contributed by atoms with Crippen LogP contribution in [-0.2, 0) is 35.0 Å². The molecule has 2 rings (SSSR count). The fourth-order valence-electron chi connectivity index (χ4n) is 3.25. The van der Waals surface area contributed by atoms with Crippen LogP contribution in [0.25, 0.3) is 0 Å². The van der Waals surface area contributed by atoms with Crippen molar-refractivity contribution in [2.45, 2.75) is 58.5 Å². The van der Waals surface area contributed by atoms with Crippen LogP contribution >= 0.6 is 0 Å². The Bertz CT molecular complexity index is 626. The second kappa shape index (κ2) is 8.25. The van der Waals surface area contributed by atoms with E-state index in [1.54, 1.807) is 6.92 Å². The molecule has 2 unspecified atom stereocenters. The molecule has 1 heterocycles. The summed E-state index contributed by atoms with van der Waals surface area (Å²) in [6.07, 6.45) is -2.37. The van der Waals surface area contributed by atoms with E-state index in [9.17, 15) is 14.4 Å². The highest BCUT2D eigenvalue weighted by atomic mass is 16.6. The molecule has 25 heavy (non-hydrogen) atoms. The van der Waals surface area contributed by atoms with E-state index in [2.05, 4.69) is 0 Å². The number of esters is 2. The summed E-state index contributed by atoms with van der Waals surface area (Å²) in [4.78, 5) is 35.1. The maximum absolute atomic E-state index is 12.0. The van der Waals surface area contributed by atoms with Crippen LogP contribution < -0.4 is 0 Å². The summed E-state index contributed by atoms with van der Waals surface area (Å²) in [5.41, 5.74) is 0.975. The number of ketones is 1. The highest BCUT2D eigenvalue weighted by Crippen LogP contribution is 2.32. The maximum Gasteiger partial charge on any atom is 0.303 e. The van der Waals surface area contributed by atoms with Crippen LogP contribution in [-0.4, -0.2) is 42.1 Å². The smallest absolute Gasteiger partial charge is 0.303 e. The number of ether oxygens (including phenoxy) is 3. The molecular formula is C19H24O6. The lowest BCUT2D eigenvalue weighted by Crippen LogP contribution is -2.58. The number of hydrogen-bond acceptors (Lipinski definition) is 6. The SMILES string of the molecule is CC(=O)O[C@@H]1[C@H](OC(C)=O)C(Cc2ccccc2)OC(C(C)=O)[C@@H]1C. The van der Waals surface area contributed by atoms with Crippen molar-refractivity contribution in [1.29, 1.82) is 0 Å². The first kappa shape index (κ1) is 19.1. The maximum atomic E-state index is 12.0. The standard InChI is InChI=1S/C19H24O6/c1-11-17(12(2)20)25-16(10-15-8-6-5-7-9-15)19(24-14(4)22)18(11)23-13(3)21/h5-9,11,16-19H,10H2,1-4H3/t11-,16?,17?,18-,19+/m0/s1. The first-order valence-corrected chi connectivity index (χ1v) is 8.34. The Balaban J connectivity index is 2.34. The molecule has 0 aliphatic carbocycles. The van der Waals surface area contributed by atoms with Gasteiger partial charge in [0.1, 0.15) is 18.3 Å². The average Bonchev–Trinajstić information content (AvgIpc) is 2.53. The molecule has 6 nitrogen and oxygen atoms in total. The van der Waals surface area contributed by atoms with Crippen LogP contribution in [0.4, 0.5) is 0 Å². The summed E-state index contributed by atoms with van der Waals surface area (Å²) in [5.74, 6) is -1.55. The molecule has 136 valence electrons. The summed E-state index contributed by atoms with van der Waals surface area (Å²) < 4.78 is 16.8. The molecule has 5 atom stereocenters. The summed E-state index contributed by atoms with van der Waals surface area (Å²) in [5, 5.41) is 0. The van der Waals surface area contributed by atoms with Gasteiger partial charge in [0.05, 0.1) is 0 Å². The van der Waals surface area contributed by atoms with Crippen molar-refractivity contribution in [3.63, 3.8) is 0 Å². The van der Waals surface area contributed by atoms with Gasteiger partial charge in [-0.2, -0.15) is 0 Å². The largest absolute Gasteiger partial charge is 0.458 e. The molecule has 1 fully saturated rings. The van der Waals surface area contributed by atoms with Gasteiger partial charge in [-0.25, -0.2) is 0 Å². The molecule has 0 bridgehead atoms. The molecule has 1 aliphatic heterocycles. The lowest BCUT2D eigenvalue weighted by Gasteiger charge is -2.43. The van der Waals surface area contributed by atoms with Gasteiger partial charge in [0.25, 0.3) is 0 Å². The van der Waals surface area contributed by atoms with Gasteiger partial charge in [-0.1, -0.05) is 37.3 Å². The first-order valence-electron chi connectivity index (χ1n) is 8.34. The molecule has 1 aromatic rings. The highest BCUT2D eigenvalue weighted by molar-refractivity contribution is 5.81.